The molecule has 0 N–H and O–H groups in total. The maximum absolute atomic E-state index is 6.23. The normalized spacial score (nSPS) is 11.2. The third-order valence-electron chi connectivity index (χ3n) is 3.36. The minimum absolute atomic E-state index is 0.558. The molecule has 0 aliphatic rings. The molecular formula is C15H9Cl2N5S. The van der Waals surface area contributed by atoms with Crippen molar-refractivity contribution in [3.05, 3.63) is 63.3 Å². The average Bonchev–Trinajstić information content (AvgIpc) is 3.12. The molecular weight excluding hydrogens is 353 g/mol. The fourth-order valence-electron chi connectivity index (χ4n) is 2.26. The quantitative estimate of drug-likeness (QED) is 0.550. The molecule has 8 heteroatoms. The molecule has 3 heterocycles. The Kier molecular flexibility index (Phi) is 3.72. The van der Waals surface area contributed by atoms with Gasteiger partial charge in [0.1, 0.15) is 5.01 Å². The van der Waals surface area contributed by atoms with Gasteiger partial charge in [-0.2, -0.15) is 9.61 Å². The molecule has 0 unspecified atom stereocenters. The number of benzene rings is 1. The summed E-state index contributed by atoms with van der Waals surface area (Å²) in [6, 6.07) is 9.23. The third kappa shape index (κ3) is 2.69. The van der Waals surface area contributed by atoms with Crippen LogP contribution < -0.4 is 0 Å². The van der Waals surface area contributed by atoms with Crippen LogP contribution in [-0.2, 0) is 6.42 Å². The molecule has 0 saturated carbocycles. The van der Waals surface area contributed by atoms with Gasteiger partial charge in [-0.05, 0) is 29.8 Å². The van der Waals surface area contributed by atoms with E-state index in [0.29, 0.717) is 22.3 Å². The van der Waals surface area contributed by atoms with Crippen LogP contribution in [0.4, 0.5) is 0 Å². The van der Waals surface area contributed by atoms with Crippen LogP contribution in [0, 0.1) is 0 Å². The van der Waals surface area contributed by atoms with Crippen molar-refractivity contribution < 1.29 is 0 Å². The van der Waals surface area contributed by atoms with E-state index in [0.717, 1.165) is 21.1 Å². The van der Waals surface area contributed by atoms with Gasteiger partial charge in [-0.25, -0.2) is 0 Å². The van der Waals surface area contributed by atoms with Crippen molar-refractivity contribution in [3.63, 3.8) is 0 Å². The van der Waals surface area contributed by atoms with Crippen LogP contribution >= 0.6 is 34.5 Å². The summed E-state index contributed by atoms with van der Waals surface area (Å²) < 4.78 is 1.74. The number of hydrogen-bond acceptors (Lipinski definition) is 5. The molecule has 0 atom stereocenters. The number of aromatic nitrogens is 5. The highest BCUT2D eigenvalue weighted by Crippen LogP contribution is 2.29. The number of rotatable bonds is 3. The molecule has 0 saturated heterocycles. The first-order valence-corrected chi connectivity index (χ1v) is 8.34. The second-order valence-corrected chi connectivity index (χ2v) is 6.68. The summed E-state index contributed by atoms with van der Waals surface area (Å²) in [4.78, 5) is 4.74. The molecule has 114 valence electrons. The lowest BCUT2D eigenvalue weighted by Crippen LogP contribution is -1.95. The van der Waals surface area contributed by atoms with E-state index in [4.69, 9.17) is 23.2 Å². The molecule has 5 nitrogen and oxygen atoms in total. The average molecular weight is 362 g/mol. The molecule has 4 rings (SSSR count). The molecule has 0 aliphatic heterocycles. The first-order chi connectivity index (χ1) is 11.2. The Morgan fingerprint density at radius 1 is 1.00 bits per heavy atom. The summed E-state index contributed by atoms with van der Waals surface area (Å²) in [5, 5.41) is 15.1. The van der Waals surface area contributed by atoms with Crippen molar-refractivity contribution in [1.82, 2.24) is 24.8 Å². The van der Waals surface area contributed by atoms with E-state index in [1.807, 2.05) is 30.3 Å². The maximum Gasteiger partial charge on any atom is 0.234 e. The van der Waals surface area contributed by atoms with Crippen LogP contribution in [0.5, 0.6) is 0 Å². The minimum atomic E-state index is 0.558. The summed E-state index contributed by atoms with van der Waals surface area (Å²) in [6.45, 7) is 0. The predicted molar refractivity (Wildman–Crippen MR) is 91.2 cm³/mol. The van der Waals surface area contributed by atoms with Crippen LogP contribution in [0.15, 0.2) is 42.7 Å². The van der Waals surface area contributed by atoms with Crippen molar-refractivity contribution in [2.45, 2.75) is 6.42 Å². The summed E-state index contributed by atoms with van der Waals surface area (Å²) in [7, 11) is 0. The Balaban J connectivity index is 1.75. The van der Waals surface area contributed by atoms with E-state index in [1.165, 1.54) is 11.3 Å². The molecule has 23 heavy (non-hydrogen) atoms. The molecule has 0 amide bonds. The van der Waals surface area contributed by atoms with E-state index in [-0.39, 0.29) is 0 Å². The Labute approximate surface area is 145 Å². The number of nitrogens with zero attached hydrogens (tertiary/aromatic N) is 5. The number of pyridine rings is 1. The third-order valence-corrected chi connectivity index (χ3v) is 4.97. The van der Waals surface area contributed by atoms with Crippen molar-refractivity contribution in [2.24, 2.45) is 0 Å². The summed E-state index contributed by atoms with van der Waals surface area (Å²) >= 11 is 13.9. The van der Waals surface area contributed by atoms with Crippen LogP contribution in [-0.4, -0.2) is 24.8 Å². The number of hydrogen-bond donors (Lipinski definition) is 0. The fraction of sp³-hybridized carbons (Fsp3) is 0.0667. The van der Waals surface area contributed by atoms with Crippen LogP contribution in [0.2, 0.25) is 10.0 Å². The van der Waals surface area contributed by atoms with Gasteiger partial charge in [0.2, 0.25) is 4.96 Å². The molecule has 0 radical (unpaired) electrons. The molecule has 1 aromatic carbocycles. The number of fused-ring (bicyclic) bond motifs is 1. The Morgan fingerprint density at radius 2 is 1.74 bits per heavy atom. The Bertz CT molecular complexity index is 960. The summed E-state index contributed by atoms with van der Waals surface area (Å²) in [5.41, 5.74) is 1.78. The lowest BCUT2D eigenvalue weighted by atomic mass is 10.1. The monoisotopic (exact) mass is 361 g/mol. The predicted octanol–water partition coefficient (Wildman–Crippen LogP) is 4.15. The van der Waals surface area contributed by atoms with Crippen LogP contribution in [0.3, 0.4) is 0 Å². The van der Waals surface area contributed by atoms with E-state index >= 15 is 0 Å². The first-order valence-electron chi connectivity index (χ1n) is 6.77. The second-order valence-electron chi connectivity index (χ2n) is 4.83. The highest BCUT2D eigenvalue weighted by atomic mass is 35.5. The zero-order chi connectivity index (χ0) is 15.8. The molecule has 3 aromatic heterocycles. The first kappa shape index (κ1) is 14.6. The van der Waals surface area contributed by atoms with Crippen molar-refractivity contribution in [1.29, 1.82) is 0 Å². The fourth-order valence-corrected chi connectivity index (χ4v) is 3.64. The van der Waals surface area contributed by atoms with Gasteiger partial charge < -0.3 is 0 Å². The van der Waals surface area contributed by atoms with Crippen LogP contribution in [0.1, 0.15) is 10.6 Å². The SMILES string of the molecule is Clc1cccc(Cl)c1Cc1nn2c(-c3ccncc3)nnc2s1. The molecule has 0 fully saturated rings. The van der Waals surface area contributed by atoms with Crippen molar-refractivity contribution in [3.8, 4) is 11.4 Å². The van der Waals surface area contributed by atoms with E-state index in [9.17, 15) is 0 Å². The van der Waals surface area contributed by atoms with Crippen LogP contribution in [0.25, 0.3) is 16.3 Å². The highest BCUT2D eigenvalue weighted by Gasteiger charge is 2.15. The van der Waals surface area contributed by atoms with Gasteiger partial charge in [0.15, 0.2) is 5.82 Å². The molecule has 4 aromatic rings. The highest BCUT2D eigenvalue weighted by molar-refractivity contribution is 7.16. The lowest BCUT2D eigenvalue weighted by Gasteiger charge is -2.03. The van der Waals surface area contributed by atoms with Gasteiger partial charge in [0, 0.05) is 34.4 Å². The number of halogens is 2. The standard InChI is InChI=1S/C15H9Cl2N5S/c16-11-2-1-3-12(17)10(11)8-13-21-22-14(19-20-15(22)23-13)9-4-6-18-7-5-9/h1-7H,8H2. The van der Waals surface area contributed by atoms with Gasteiger partial charge in [0.25, 0.3) is 0 Å². The summed E-state index contributed by atoms with van der Waals surface area (Å²) in [6.07, 6.45) is 3.99. The van der Waals surface area contributed by atoms with E-state index < -0.39 is 0 Å². The van der Waals surface area contributed by atoms with E-state index in [1.54, 1.807) is 16.9 Å². The van der Waals surface area contributed by atoms with Crippen molar-refractivity contribution in [2.75, 3.05) is 0 Å². The van der Waals surface area contributed by atoms with Gasteiger partial charge in [0.05, 0.1) is 0 Å². The van der Waals surface area contributed by atoms with Gasteiger partial charge in [-0.15, -0.1) is 10.2 Å². The smallest absolute Gasteiger partial charge is 0.234 e. The Morgan fingerprint density at radius 3 is 2.48 bits per heavy atom. The van der Waals surface area contributed by atoms with E-state index in [2.05, 4.69) is 20.3 Å². The zero-order valence-corrected chi connectivity index (χ0v) is 14.0. The molecule has 0 bridgehead atoms. The topological polar surface area (TPSA) is 56.0 Å². The maximum atomic E-state index is 6.23. The Hall–Kier alpha value is -2.02. The summed E-state index contributed by atoms with van der Waals surface area (Å²) in [5.74, 6) is 0.690. The van der Waals surface area contributed by atoms with Gasteiger partial charge in [-0.3, -0.25) is 4.98 Å². The molecule has 0 aliphatic carbocycles. The van der Waals surface area contributed by atoms with Gasteiger partial charge in [-0.1, -0.05) is 40.6 Å². The lowest BCUT2D eigenvalue weighted by molar-refractivity contribution is 0.917. The minimum Gasteiger partial charge on any atom is -0.265 e. The largest absolute Gasteiger partial charge is 0.265 e. The zero-order valence-electron chi connectivity index (χ0n) is 11.6. The van der Waals surface area contributed by atoms with Crippen molar-refractivity contribution >= 4 is 39.5 Å². The molecule has 0 spiro atoms. The second kappa shape index (κ2) is 5.88. The van der Waals surface area contributed by atoms with Gasteiger partial charge >= 0.3 is 0 Å².